The smallest absolute Gasteiger partial charge is 0.326 e. The van der Waals surface area contributed by atoms with Gasteiger partial charge in [-0.15, -0.1) is 0 Å². The van der Waals surface area contributed by atoms with Crippen molar-refractivity contribution < 1.29 is 23.5 Å². The summed E-state index contributed by atoms with van der Waals surface area (Å²) in [5, 5.41) is 10.9. The Bertz CT molecular complexity index is 291. The van der Waals surface area contributed by atoms with E-state index in [1.807, 2.05) is 0 Å². The summed E-state index contributed by atoms with van der Waals surface area (Å²) in [6.07, 6.45) is 1.91. The molecule has 2 N–H and O–H groups in total. The summed E-state index contributed by atoms with van der Waals surface area (Å²) in [5.74, 6) is -1.58. The molecule has 0 aromatic carbocycles. The van der Waals surface area contributed by atoms with Crippen LogP contribution in [0.3, 0.4) is 0 Å². The fraction of sp³-hybridized carbons (Fsp3) is 0.833. The van der Waals surface area contributed by atoms with Gasteiger partial charge in [0.05, 0.1) is 0 Å². The van der Waals surface area contributed by atoms with Gasteiger partial charge in [0.1, 0.15) is 6.04 Å². The topological polar surface area (TPSA) is 66.4 Å². The lowest BCUT2D eigenvalue weighted by Gasteiger charge is -2.22. The van der Waals surface area contributed by atoms with Gasteiger partial charge < -0.3 is 10.4 Å². The first kappa shape index (κ1) is 14.9. The maximum Gasteiger partial charge on any atom is 0.326 e. The standard InChI is InChI=1S/C12H19F2NO3/c13-10(14)7-9(12(17)18)15-11(16)6-8-4-2-1-3-5-8/h8-10H,1-7H2,(H,15,16)(H,17,18). The Hall–Kier alpha value is -1.20. The molecule has 1 fully saturated rings. The molecule has 1 aliphatic carbocycles. The van der Waals surface area contributed by atoms with E-state index in [2.05, 4.69) is 5.32 Å². The molecule has 0 spiro atoms. The fourth-order valence-electron chi connectivity index (χ4n) is 2.31. The number of rotatable bonds is 6. The SMILES string of the molecule is O=C(CC1CCCCC1)NC(CC(F)F)C(=O)O. The van der Waals surface area contributed by atoms with E-state index in [1.165, 1.54) is 6.42 Å². The minimum Gasteiger partial charge on any atom is -0.480 e. The number of hydrogen-bond acceptors (Lipinski definition) is 2. The largest absolute Gasteiger partial charge is 0.480 e. The van der Waals surface area contributed by atoms with Gasteiger partial charge in [0.2, 0.25) is 12.3 Å². The van der Waals surface area contributed by atoms with Crippen molar-refractivity contribution in [1.82, 2.24) is 5.32 Å². The summed E-state index contributed by atoms with van der Waals surface area (Å²) in [5.41, 5.74) is 0. The molecule has 0 heterocycles. The van der Waals surface area contributed by atoms with Crippen LogP contribution < -0.4 is 5.32 Å². The van der Waals surface area contributed by atoms with Crippen LogP contribution in [0, 0.1) is 5.92 Å². The van der Waals surface area contributed by atoms with Gasteiger partial charge in [-0.2, -0.15) is 0 Å². The zero-order valence-electron chi connectivity index (χ0n) is 10.2. The Morgan fingerprint density at radius 1 is 1.22 bits per heavy atom. The number of hydrogen-bond donors (Lipinski definition) is 2. The molecule has 0 saturated heterocycles. The molecule has 1 aliphatic rings. The summed E-state index contributed by atoms with van der Waals surface area (Å²) in [7, 11) is 0. The maximum atomic E-state index is 12.1. The fourth-order valence-corrected chi connectivity index (χ4v) is 2.31. The quantitative estimate of drug-likeness (QED) is 0.772. The molecule has 1 atom stereocenters. The molecule has 1 unspecified atom stereocenters. The Labute approximate surface area is 105 Å². The zero-order chi connectivity index (χ0) is 13.5. The van der Waals surface area contributed by atoms with Crippen molar-refractivity contribution in [3.05, 3.63) is 0 Å². The summed E-state index contributed by atoms with van der Waals surface area (Å²) < 4.78 is 24.3. The molecule has 1 rings (SSSR count). The van der Waals surface area contributed by atoms with Crippen molar-refractivity contribution >= 4 is 11.9 Å². The number of carboxylic acids is 1. The van der Waals surface area contributed by atoms with Crippen LogP contribution in [0.4, 0.5) is 8.78 Å². The second-order valence-corrected chi connectivity index (χ2v) is 4.79. The molecule has 0 bridgehead atoms. The van der Waals surface area contributed by atoms with E-state index in [1.54, 1.807) is 0 Å². The van der Waals surface area contributed by atoms with Gasteiger partial charge >= 0.3 is 5.97 Å². The predicted octanol–water partition coefficient (Wildman–Crippen LogP) is 2.18. The average Bonchev–Trinajstić information content (AvgIpc) is 2.28. The molecule has 104 valence electrons. The van der Waals surface area contributed by atoms with Gasteiger partial charge in [-0.1, -0.05) is 19.3 Å². The van der Waals surface area contributed by atoms with Crippen molar-refractivity contribution in [3.8, 4) is 0 Å². The number of aliphatic carboxylic acids is 1. The van der Waals surface area contributed by atoms with E-state index in [0.29, 0.717) is 0 Å². The van der Waals surface area contributed by atoms with Crippen LogP contribution >= 0.6 is 0 Å². The molecule has 18 heavy (non-hydrogen) atoms. The monoisotopic (exact) mass is 263 g/mol. The van der Waals surface area contributed by atoms with Crippen LogP contribution in [-0.2, 0) is 9.59 Å². The van der Waals surface area contributed by atoms with E-state index in [-0.39, 0.29) is 12.3 Å². The van der Waals surface area contributed by atoms with E-state index >= 15 is 0 Å². The minimum atomic E-state index is -2.74. The predicted molar refractivity (Wildman–Crippen MR) is 61.4 cm³/mol. The van der Waals surface area contributed by atoms with Gasteiger partial charge in [0.25, 0.3) is 0 Å². The van der Waals surface area contributed by atoms with Crippen LogP contribution in [-0.4, -0.2) is 29.5 Å². The van der Waals surface area contributed by atoms with Crippen LogP contribution in [0.2, 0.25) is 0 Å². The third-order valence-corrected chi connectivity index (χ3v) is 3.25. The van der Waals surface area contributed by atoms with E-state index < -0.39 is 30.8 Å². The highest BCUT2D eigenvalue weighted by Gasteiger charge is 2.25. The number of alkyl halides is 2. The molecular formula is C12H19F2NO3. The Balaban J connectivity index is 2.37. The van der Waals surface area contributed by atoms with Crippen LogP contribution in [0.25, 0.3) is 0 Å². The van der Waals surface area contributed by atoms with Crippen molar-refractivity contribution in [1.29, 1.82) is 0 Å². The number of carboxylic acid groups (broad SMARTS) is 1. The summed E-state index contributed by atoms with van der Waals surface area (Å²) in [6.45, 7) is 0. The van der Waals surface area contributed by atoms with E-state index in [9.17, 15) is 18.4 Å². The highest BCUT2D eigenvalue weighted by atomic mass is 19.3. The average molecular weight is 263 g/mol. The molecule has 0 aromatic heterocycles. The van der Waals surface area contributed by atoms with Gasteiger partial charge in [-0.3, -0.25) is 4.79 Å². The molecule has 0 aromatic rings. The first-order valence-electron chi connectivity index (χ1n) is 6.29. The van der Waals surface area contributed by atoms with Gasteiger partial charge in [0.15, 0.2) is 0 Å². The number of carbonyl (C=O) groups is 2. The number of amides is 1. The normalized spacial score (nSPS) is 18.6. The summed E-state index contributed by atoms with van der Waals surface area (Å²) >= 11 is 0. The summed E-state index contributed by atoms with van der Waals surface area (Å²) in [4.78, 5) is 22.3. The first-order chi connectivity index (χ1) is 8.49. The van der Waals surface area contributed by atoms with Crippen LogP contribution in [0.15, 0.2) is 0 Å². The third kappa shape index (κ3) is 5.42. The van der Waals surface area contributed by atoms with Crippen molar-refractivity contribution in [2.45, 2.75) is 57.4 Å². The van der Waals surface area contributed by atoms with Gasteiger partial charge in [-0.05, 0) is 18.8 Å². The Kier molecular flexibility index (Phi) is 6.01. The minimum absolute atomic E-state index is 0.243. The van der Waals surface area contributed by atoms with E-state index in [4.69, 9.17) is 5.11 Å². The lowest BCUT2D eigenvalue weighted by atomic mass is 9.87. The molecule has 0 radical (unpaired) electrons. The molecule has 1 saturated carbocycles. The van der Waals surface area contributed by atoms with E-state index in [0.717, 1.165) is 25.7 Å². The molecule has 0 aliphatic heterocycles. The molecule has 6 heteroatoms. The zero-order valence-corrected chi connectivity index (χ0v) is 10.2. The second-order valence-electron chi connectivity index (χ2n) is 4.79. The number of nitrogens with one attached hydrogen (secondary N) is 1. The van der Waals surface area contributed by atoms with Crippen LogP contribution in [0.1, 0.15) is 44.9 Å². The molecule has 4 nitrogen and oxygen atoms in total. The molecular weight excluding hydrogens is 244 g/mol. The van der Waals surface area contributed by atoms with Crippen molar-refractivity contribution in [2.24, 2.45) is 5.92 Å². The van der Waals surface area contributed by atoms with Gasteiger partial charge in [0, 0.05) is 12.8 Å². The van der Waals surface area contributed by atoms with Crippen molar-refractivity contribution in [2.75, 3.05) is 0 Å². The highest BCUT2D eigenvalue weighted by molar-refractivity contribution is 5.83. The van der Waals surface area contributed by atoms with Crippen LogP contribution in [0.5, 0.6) is 0 Å². The summed E-state index contributed by atoms with van der Waals surface area (Å²) in [6, 6.07) is -1.49. The Morgan fingerprint density at radius 3 is 2.33 bits per heavy atom. The lowest BCUT2D eigenvalue weighted by molar-refractivity contribution is -0.143. The number of carbonyl (C=O) groups excluding carboxylic acids is 1. The number of halogens is 2. The highest BCUT2D eigenvalue weighted by Crippen LogP contribution is 2.26. The second kappa shape index (κ2) is 7.28. The Morgan fingerprint density at radius 2 is 1.83 bits per heavy atom. The lowest BCUT2D eigenvalue weighted by Crippen LogP contribution is -2.42. The maximum absolute atomic E-state index is 12.1. The van der Waals surface area contributed by atoms with Crippen molar-refractivity contribution in [3.63, 3.8) is 0 Å². The third-order valence-electron chi connectivity index (χ3n) is 3.25. The first-order valence-corrected chi connectivity index (χ1v) is 6.29. The molecule has 1 amide bonds. The van der Waals surface area contributed by atoms with Gasteiger partial charge in [-0.25, -0.2) is 13.6 Å².